The average Bonchev–Trinajstić information content (AvgIpc) is 2.89. The zero-order valence-corrected chi connectivity index (χ0v) is 16.6. The van der Waals surface area contributed by atoms with Crippen LogP contribution in [0.25, 0.3) is 10.9 Å². The number of carboxylic acid groups (broad SMARTS) is 1. The number of hydrogen-bond acceptors (Lipinski definition) is 4. The minimum atomic E-state index is -5.08. The van der Waals surface area contributed by atoms with Gasteiger partial charge in [-0.25, -0.2) is 4.79 Å². The van der Waals surface area contributed by atoms with E-state index in [4.69, 9.17) is 21.5 Å². The van der Waals surface area contributed by atoms with Gasteiger partial charge in [0.05, 0.1) is 11.2 Å². The first-order valence-electron chi connectivity index (χ1n) is 8.66. The number of likely N-dealkylation sites (N-methyl/N-ethyl adjacent to an activating group) is 1. The van der Waals surface area contributed by atoms with Crippen LogP contribution >= 0.6 is 11.6 Å². The summed E-state index contributed by atoms with van der Waals surface area (Å²) in [6.45, 7) is 0.0299. The summed E-state index contributed by atoms with van der Waals surface area (Å²) < 4.78 is 70.5. The molecule has 14 heteroatoms. The maximum Gasteiger partial charge on any atom is 0.490 e. The Balaban J connectivity index is 0.000000423. The Morgan fingerprint density at radius 1 is 1.26 bits per heavy atom. The molecule has 172 valence electrons. The van der Waals surface area contributed by atoms with Crippen LogP contribution in [0.2, 0.25) is 5.02 Å². The molecule has 7 nitrogen and oxygen atoms in total. The van der Waals surface area contributed by atoms with E-state index in [-0.39, 0.29) is 12.5 Å². The van der Waals surface area contributed by atoms with Gasteiger partial charge < -0.3 is 15.3 Å². The molecule has 1 saturated heterocycles. The van der Waals surface area contributed by atoms with Gasteiger partial charge in [0.2, 0.25) is 5.91 Å². The van der Waals surface area contributed by atoms with Crippen molar-refractivity contribution in [2.24, 2.45) is 0 Å². The van der Waals surface area contributed by atoms with Crippen LogP contribution in [-0.2, 0) is 16.1 Å². The standard InChI is InChI=1S/C15H16ClF3N4O.C2HF3O2/c1-22(8-15(17,18)19)13(24)7-23-12-4-10(16)2-3-11(12)14(21-23)9-5-20-6-9;3-2(4,5)1(6)7/h2-4,9,20H,5-8H2,1H3;(H,6,7). The number of fused-ring (bicyclic) bond motifs is 1. The van der Waals surface area contributed by atoms with E-state index in [0.717, 1.165) is 31.2 Å². The van der Waals surface area contributed by atoms with Gasteiger partial charge in [-0.05, 0) is 18.2 Å². The molecule has 3 rings (SSSR count). The number of hydrogen-bond donors (Lipinski definition) is 2. The molecule has 0 bridgehead atoms. The normalized spacial score (nSPS) is 14.6. The number of halogens is 7. The van der Waals surface area contributed by atoms with Crippen LogP contribution < -0.4 is 5.32 Å². The highest BCUT2D eigenvalue weighted by atomic mass is 35.5. The molecule has 0 atom stereocenters. The first-order chi connectivity index (χ1) is 14.2. The average molecular weight is 475 g/mol. The number of nitrogens with one attached hydrogen (secondary N) is 1. The van der Waals surface area contributed by atoms with Crippen molar-refractivity contribution in [3.8, 4) is 0 Å². The summed E-state index contributed by atoms with van der Waals surface area (Å²) >= 11 is 6.02. The van der Waals surface area contributed by atoms with Crippen molar-refractivity contribution >= 4 is 34.4 Å². The van der Waals surface area contributed by atoms with E-state index < -0.39 is 30.8 Å². The van der Waals surface area contributed by atoms with Gasteiger partial charge in [-0.2, -0.15) is 31.4 Å². The van der Waals surface area contributed by atoms with Gasteiger partial charge in [-0.1, -0.05) is 11.6 Å². The summed E-state index contributed by atoms with van der Waals surface area (Å²) in [5.74, 6) is -3.18. The first kappa shape index (κ1) is 24.7. The van der Waals surface area contributed by atoms with Crippen molar-refractivity contribution in [1.29, 1.82) is 0 Å². The fraction of sp³-hybridized carbons (Fsp3) is 0.471. The molecule has 0 saturated carbocycles. The van der Waals surface area contributed by atoms with Crippen LogP contribution in [0.15, 0.2) is 18.2 Å². The molecule has 1 aliphatic heterocycles. The van der Waals surface area contributed by atoms with Gasteiger partial charge in [0, 0.05) is 36.5 Å². The second kappa shape index (κ2) is 9.30. The van der Waals surface area contributed by atoms with E-state index in [9.17, 15) is 31.1 Å². The predicted molar refractivity (Wildman–Crippen MR) is 97.7 cm³/mol. The van der Waals surface area contributed by atoms with E-state index in [1.807, 2.05) is 6.07 Å². The lowest BCUT2D eigenvalue weighted by atomic mass is 9.97. The Hall–Kier alpha value is -2.54. The fourth-order valence-corrected chi connectivity index (χ4v) is 2.85. The maximum absolute atomic E-state index is 12.4. The fourth-order valence-electron chi connectivity index (χ4n) is 2.68. The topological polar surface area (TPSA) is 87.5 Å². The van der Waals surface area contributed by atoms with Gasteiger partial charge in [0.15, 0.2) is 0 Å². The SMILES string of the molecule is CN(CC(F)(F)F)C(=O)Cn1nc(C2CNC2)c2ccc(Cl)cc21.O=C(O)C(F)(F)F. The zero-order chi connectivity index (χ0) is 23.6. The lowest BCUT2D eigenvalue weighted by Crippen LogP contribution is -2.40. The molecule has 31 heavy (non-hydrogen) atoms. The zero-order valence-electron chi connectivity index (χ0n) is 15.9. The van der Waals surface area contributed by atoms with Gasteiger partial charge in [-0.3, -0.25) is 9.48 Å². The number of nitrogens with zero attached hydrogens (tertiary/aromatic N) is 3. The van der Waals surface area contributed by atoms with Gasteiger partial charge in [0.1, 0.15) is 13.1 Å². The molecule has 2 N–H and O–H groups in total. The Labute approximate surface area is 176 Å². The van der Waals surface area contributed by atoms with Crippen LogP contribution in [0.4, 0.5) is 26.3 Å². The Bertz CT molecular complexity index is 956. The number of carbonyl (C=O) groups excluding carboxylic acids is 1. The number of aliphatic carboxylic acids is 1. The molecule has 2 heterocycles. The molecule has 1 aromatic carbocycles. The molecule has 0 aliphatic carbocycles. The van der Waals surface area contributed by atoms with Crippen LogP contribution in [0, 0.1) is 0 Å². The third kappa shape index (κ3) is 6.72. The summed E-state index contributed by atoms with van der Waals surface area (Å²) in [6, 6.07) is 5.25. The molecule has 1 amide bonds. The highest BCUT2D eigenvalue weighted by molar-refractivity contribution is 6.31. The molecule has 2 aromatic rings. The molecule has 1 fully saturated rings. The summed E-state index contributed by atoms with van der Waals surface area (Å²) in [4.78, 5) is 21.7. The largest absolute Gasteiger partial charge is 0.490 e. The maximum atomic E-state index is 12.4. The summed E-state index contributed by atoms with van der Waals surface area (Å²) in [6.07, 6.45) is -9.51. The Kier molecular flexibility index (Phi) is 7.42. The quantitative estimate of drug-likeness (QED) is 0.665. The van der Waals surface area contributed by atoms with Crippen LogP contribution in [-0.4, -0.2) is 70.7 Å². The van der Waals surface area contributed by atoms with Crippen LogP contribution in [0.1, 0.15) is 11.6 Å². The number of benzene rings is 1. The van der Waals surface area contributed by atoms with Gasteiger partial charge in [0.25, 0.3) is 0 Å². The van der Waals surface area contributed by atoms with Crippen molar-refractivity contribution in [1.82, 2.24) is 20.0 Å². The lowest BCUT2D eigenvalue weighted by Gasteiger charge is -2.25. The molecule has 0 radical (unpaired) electrons. The van der Waals surface area contributed by atoms with Crippen molar-refractivity contribution in [3.63, 3.8) is 0 Å². The van der Waals surface area contributed by atoms with E-state index in [0.29, 0.717) is 15.4 Å². The predicted octanol–water partition coefficient (Wildman–Crippen LogP) is 3.03. The summed E-state index contributed by atoms with van der Waals surface area (Å²) in [7, 11) is 1.13. The van der Waals surface area contributed by atoms with Crippen LogP contribution in [0.5, 0.6) is 0 Å². The monoisotopic (exact) mass is 474 g/mol. The second-order valence-corrected chi connectivity index (χ2v) is 7.16. The number of amides is 1. The van der Waals surface area contributed by atoms with Crippen LogP contribution in [0.3, 0.4) is 0 Å². The van der Waals surface area contributed by atoms with Crippen molar-refractivity contribution in [3.05, 3.63) is 28.9 Å². The van der Waals surface area contributed by atoms with E-state index in [1.165, 1.54) is 4.68 Å². The van der Waals surface area contributed by atoms with E-state index >= 15 is 0 Å². The van der Waals surface area contributed by atoms with E-state index in [2.05, 4.69) is 10.4 Å². The third-order valence-corrected chi connectivity index (χ3v) is 4.52. The Morgan fingerprint density at radius 3 is 2.29 bits per heavy atom. The molecular weight excluding hydrogens is 458 g/mol. The summed E-state index contributed by atoms with van der Waals surface area (Å²) in [5.41, 5.74) is 1.49. The molecular formula is C17H17ClF6N4O3. The molecule has 0 unspecified atom stereocenters. The lowest BCUT2D eigenvalue weighted by molar-refractivity contribution is -0.192. The summed E-state index contributed by atoms with van der Waals surface area (Å²) in [5, 5.41) is 16.1. The minimum absolute atomic E-state index is 0.234. The highest BCUT2D eigenvalue weighted by Crippen LogP contribution is 2.29. The number of aromatic nitrogens is 2. The second-order valence-electron chi connectivity index (χ2n) is 6.73. The third-order valence-electron chi connectivity index (χ3n) is 4.28. The first-order valence-corrected chi connectivity index (χ1v) is 9.04. The van der Waals surface area contributed by atoms with E-state index in [1.54, 1.807) is 12.1 Å². The van der Waals surface area contributed by atoms with Crippen molar-refractivity contribution in [2.45, 2.75) is 24.8 Å². The highest BCUT2D eigenvalue weighted by Gasteiger charge is 2.38. The van der Waals surface area contributed by atoms with Gasteiger partial charge in [-0.15, -0.1) is 0 Å². The number of carboxylic acids is 1. The Morgan fingerprint density at radius 2 is 1.84 bits per heavy atom. The van der Waals surface area contributed by atoms with Gasteiger partial charge >= 0.3 is 18.3 Å². The molecule has 1 aromatic heterocycles. The minimum Gasteiger partial charge on any atom is -0.475 e. The molecule has 0 spiro atoms. The van der Waals surface area contributed by atoms with Crippen molar-refractivity contribution in [2.75, 3.05) is 26.7 Å². The smallest absolute Gasteiger partial charge is 0.475 e. The molecule has 1 aliphatic rings. The van der Waals surface area contributed by atoms with Crippen molar-refractivity contribution < 1.29 is 41.0 Å². The number of rotatable bonds is 4. The number of carbonyl (C=O) groups is 2. The number of alkyl halides is 6.